The van der Waals surface area contributed by atoms with Gasteiger partial charge < -0.3 is 9.88 Å². The number of carbonyl (C=O) groups is 1. The number of nitrogens with zero attached hydrogens (tertiary/aromatic N) is 3. The van der Waals surface area contributed by atoms with Gasteiger partial charge in [-0.1, -0.05) is 18.1 Å². The molecule has 0 saturated heterocycles. The number of benzene rings is 1. The summed E-state index contributed by atoms with van der Waals surface area (Å²) in [6, 6.07) is 12.6. The molecule has 1 aromatic carbocycles. The number of aryl methyl sites for hydroxylation is 1. The van der Waals surface area contributed by atoms with Crippen LogP contribution in [0, 0.1) is 19.3 Å². The highest BCUT2D eigenvalue weighted by Crippen LogP contribution is 2.16. The predicted molar refractivity (Wildman–Crippen MR) is 109 cm³/mol. The Hall–Kier alpha value is -3.72. The van der Waals surface area contributed by atoms with E-state index in [1.165, 1.54) is 0 Å². The monoisotopic (exact) mass is 372 g/mol. The van der Waals surface area contributed by atoms with E-state index in [4.69, 9.17) is 6.42 Å². The maximum atomic E-state index is 12.6. The molecule has 6 nitrogen and oxygen atoms in total. The highest BCUT2D eigenvalue weighted by molar-refractivity contribution is 5.93. The van der Waals surface area contributed by atoms with Gasteiger partial charge in [-0.15, -0.1) is 6.42 Å². The fraction of sp³-hybridized carbons (Fsp3) is 0.182. The van der Waals surface area contributed by atoms with Crippen LogP contribution >= 0.6 is 0 Å². The third kappa shape index (κ3) is 4.15. The lowest BCUT2D eigenvalue weighted by Crippen LogP contribution is -2.27. The molecule has 2 heterocycles. The second kappa shape index (κ2) is 8.31. The zero-order chi connectivity index (χ0) is 20.1. The number of terminal acetylenes is 1. The molecule has 0 radical (unpaired) electrons. The molecule has 0 aliphatic heterocycles. The third-order valence-electron chi connectivity index (χ3n) is 4.49. The number of amides is 1. The van der Waals surface area contributed by atoms with Crippen molar-refractivity contribution in [3.8, 4) is 23.9 Å². The number of aromatic amines is 1. The SMILES string of the molecule is C#Cc1cccc(N(C)C(=O)CCc2c(C)nc(-c3ccccn3)[nH]c2=O)c1. The van der Waals surface area contributed by atoms with E-state index in [1.54, 1.807) is 49.3 Å². The van der Waals surface area contributed by atoms with Crippen LogP contribution in [0.2, 0.25) is 0 Å². The molecule has 140 valence electrons. The summed E-state index contributed by atoms with van der Waals surface area (Å²) in [7, 11) is 1.69. The fourth-order valence-electron chi connectivity index (χ4n) is 2.88. The maximum absolute atomic E-state index is 12.6. The molecule has 0 spiro atoms. The molecular formula is C22H20N4O2. The van der Waals surface area contributed by atoms with Crippen LogP contribution in [0.5, 0.6) is 0 Å². The zero-order valence-electron chi connectivity index (χ0n) is 15.8. The van der Waals surface area contributed by atoms with E-state index < -0.39 is 0 Å². The van der Waals surface area contributed by atoms with E-state index in [0.717, 1.165) is 5.69 Å². The number of anilines is 1. The second-order valence-electron chi connectivity index (χ2n) is 6.34. The van der Waals surface area contributed by atoms with Crippen molar-refractivity contribution < 1.29 is 4.79 Å². The van der Waals surface area contributed by atoms with Crippen molar-refractivity contribution in [3.63, 3.8) is 0 Å². The topological polar surface area (TPSA) is 79.0 Å². The number of H-pyrrole nitrogens is 1. The smallest absolute Gasteiger partial charge is 0.254 e. The number of aromatic nitrogens is 3. The molecule has 6 heteroatoms. The first-order chi connectivity index (χ1) is 13.5. The van der Waals surface area contributed by atoms with Gasteiger partial charge in [0.25, 0.3) is 5.56 Å². The van der Waals surface area contributed by atoms with Gasteiger partial charge in [0.1, 0.15) is 5.69 Å². The summed E-state index contributed by atoms with van der Waals surface area (Å²) in [4.78, 5) is 38.0. The van der Waals surface area contributed by atoms with Gasteiger partial charge in [-0.25, -0.2) is 4.98 Å². The van der Waals surface area contributed by atoms with Gasteiger partial charge in [0.15, 0.2) is 5.82 Å². The highest BCUT2D eigenvalue weighted by Gasteiger charge is 2.15. The van der Waals surface area contributed by atoms with Crippen LogP contribution in [0.15, 0.2) is 53.5 Å². The molecule has 0 bridgehead atoms. The molecule has 3 rings (SSSR count). The van der Waals surface area contributed by atoms with Crippen molar-refractivity contribution in [1.82, 2.24) is 15.0 Å². The highest BCUT2D eigenvalue weighted by atomic mass is 16.2. The summed E-state index contributed by atoms with van der Waals surface area (Å²) in [5.41, 5.74) is 2.86. The average Bonchev–Trinajstić information content (AvgIpc) is 2.73. The lowest BCUT2D eigenvalue weighted by atomic mass is 10.1. The van der Waals surface area contributed by atoms with Crippen LogP contribution in [-0.2, 0) is 11.2 Å². The summed E-state index contributed by atoms with van der Waals surface area (Å²) >= 11 is 0. The van der Waals surface area contributed by atoms with Crippen molar-refractivity contribution >= 4 is 11.6 Å². The summed E-state index contributed by atoms with van der Waals surface area (Å²) in [6.07, 6.45) is 7.54. The molecule has 1 N–H and O–H groups in total. The zero-order valence-corrected chi connectivity index (χ0v) is 15.8. The first-order valence-corrected chi connectivity index (χ1v) is 8.84. The van der Waals surface area contributed by atoms with Crippen LogP contribution in [0.3, 0.4) is 0 Å². The Balaban J connectivity index is 1.74. The van der Waals surface area contributed by atoms with E-state index in [0.29, 0.717) is 34.8 Å². The number of hydrogen-bond donors (Lipinski definition) is 1. The van der Waals surface area contributed by atoms with Gasteiger partial charge in [-0.05, 0) is 43.7 Å². The molecule has 0 aliphatic carbocycles. The summed E-state index contributed by atoms with van der Waals surface area (Å²) in [6.45, 7) is 1.77. The lowest BCUT2D eigenvalue weighted by Gasteiger charge is -2.17. The first-order valence-electron chi connectivity index (χ1n) is 8.84. The van der Waals surface area contributed by atoms with Gasteiger partial charge in [-0.2, -0.15) is 0 Å². The minimum Gasteiger partial charge on any atom is -0.315 e. The van der Waals surface area contributed by atoms with Crippen LogP contribution in [-0.4, -0.2) is 27.9 Å². The summed E-state index contributed by atoms with van der Waals surface area (Å²) < 4.78 is 0. The van der Waals surface area contributed by atoms with E-state index >= 15 is 0 Å². The van der Waals surface area contributed by atoms with Crippen molar-refractivity contribution in [2.24, 2.45) is 0 Å². The van der Waals surface area contributed by atoms with E-state index in [9.17, 15) is 9.59 Å². The molecule has 0 saturated carbocycles. The molecule has 2 aromatic heterocycles. The van der Waals surface area contributed by atoms with Crippen molar-refractivity contribution in [3.05, 3.63) is 75.8 Å². The molecule has 0 unspecified atom stereocenters. The van der Waals surface area contributed by atoms with Crippen LogP contribution in [0.4, 0.5) is 5.69 Å². The number of carbonyl (C=O) groups excluding carboxylic acids is 1. The van der Waals surface area contributed by atoms with Gasteiger partial charge in [0.05, 0.1) is 0 Å². The summed E-state index contributed by atoms with van der Waals surface area (Å²) in [5, 5.41) is 0. The Labute approximate surface area is 163 Å². The Morgan fingerprint density at radius 3 is 2.75 bits per heavy atom. The number of pyridine rings is 1. The lowest BCUT2D eigenvalue weighted by molar-refractivity contribution is -0.118. The molecular weight excluding hydrogens is 352 g/mol. The van der Waals surface area contributed by atoms with Crippen molar-refractivity contribution in [2.45, 2.75) is 19.8 Å². The summed E-state index contributed by atoms with van der Waals surface area (Å²) in [5.74, 6) is 2.86. The largest absolute Gasteiger partial charge is 0.315 e. The van der Waals surface area contributed by atoms with Crippen LogP contribution < -0.4 is 10.5 Å². The Morgan fingerprint density at radius 1 is 1.25 bits per heavy atom. The Bertz CT molecular complexity index is 1100. The number of hydrogen-bond acceptors (Lipinski definition) is 4. The minimum absolute atomic E-state index is 0.109. The van der Waals surface area contributed by atoms with Gasteiger partial charge in [0.2, 0.25) is 5.91 Å². The van der Waals surface area contributed by atoms with Crippen molar-refractivity contribution in [1.29, 1.82) is 0 Å². The molecule has 1 amide bonds. The van der Waals surface area contributed by atoms with E-state index in [2.05, 4.69) is 20.9 Å². The normalized spacial score (nSPS) is 10.3. The second-order valence-corrected chi connectivity index (χ2v) is 6.34. The molecule has 28 heavy (non-hydrogen) atoms. The first kappa shape index (κ1) is 19.1. The van der Waals surface area contributed by atoms with E-state index in [1.807, 2.05) is 18.2 Å². The molecule has 0 aliphatic rings. The average molecular weight is 372 g/mol. The number of rotatable bonds is 5. The maximum Gasteiger partial charge on any atom is 0.254 e. The van der Waals surface area contributed by atoms with Gasteiger partial charge >= 0.3 is 0 Å². The predicted octanol–water partition coefficient (Wildman–Crippen LogP) is 2.72. The Kier molecular flexibility index (Phi) is 5.66. The third-order valence-corrected chi connectivity index (χ3v) is 4.49. The Morgan fingerprint density at radius 2 is 2.07 bits per heavy atom. The van der Waals surface area contributed by atoms with Crippen LogP contribution in [0.1, 0.15) is 23.2 Å². The molecule has 3 aromatic rings. The minimum atomic E-state index is -0.252. The quantitative estimate of drug-likeness (QED) is 0.699. The fourth-order valence-corrected chi connectivity index (χ4v) is 2.88. The van der Waals surface area contributed by atoms with Crippen LogP contribution in [0.25, 0.3) is 11.5 Å². The van der Waals surface area contributed by atoms with Crippen molar-refractivity contribution in [2.75, 3.05) is 11.9 Å². The van der Waals surface area contributed by atoms with E-state index in [-0.39, 0.29) is 17.9 Å². The number of nitrogens with one attached hydrogen (secondary N) is 1. The van der Waals surface area contributed by atoms with Gasteiger partial charge in [0, 0.05) is 42.2 Å². The standard InChI is InChI=1S/C22H20N4O2/c1-4-16-8-7-9-17(14-16)26(3)20(27)12-11-18-15(2)24-21(25-22(18)28)19-10-5-6-13-23-19/h1,5-10,13-14H,11-12H2,2-3H3,(H,24,25,28). The molecule has 0 fully saturated rings. The molecule has 0 atom stereocenters. The van der Waals surface area contributed by atoms with Gasteiger partial charge in [-0.3, -0.25) is 14.6 Å².